The molecule has 2 heterocycles. The topological polar surface area (TPSA) is 70.9 Å². The Kier molecular flexibility index (Phi) is 4.29. The summed E-state index contributed by atoms with van der Waals surface area (Å²) >= 11 is 0. The van der Waals surface area contributed by atoms with Gasteiger partial charge in [0.1, 0.15) is 6.34 Å². The Labute approximate surface area is 156 Å². The second-order valence-corrected chi connectivity index (χ2v) is 5.75. The van der Waals surface area contributed by atoms with Gasteiger partial charge in [-0.15, -0.1) is 0 Å². The first-order valence-corrected chi connectivity index (χ1v) is 8.28. The Hall–Kier alpha value is -3.68. The highest BCUT2D eigenvalue weighted by Gasteiger charge is 2.25. The van der Waals surface area contributed by atoms with Gasteiger partial charge in [-0.3, -0.25) is 5.43 Å². The number of hydrogen-bond acceptors (Lipinski definition) is 8. The first kappa shape index (κ1) is 16.8. The summed E-state index contributed by atoms with van der Waals surface area (Å²) in [4.78, 5) is 4.65. The molecule has 2 aromatic rings. The number of ether oxygens (including phenoxy) is 3. The van der Waals surface area contributed by atoms with Gasteiger partial charge in [-0.1, -0.05) is 30.3 Å². The fourth-order valence-corrected chi connectivity index (χ4v) is 2.86. The van der Waals surface area contributed by atoms with E-state index in [1.54, 1.807) is 37.7 Å². The fourth-order valence-electron chi connectivity index (χ4n) is 2.86. The number of hydrazine groups is 1. The van der Waals surface area contributed by atoms with Crippen LogP contribution in [0, 0.1) is 0 Å². The predicted octanol–water partition coefficient (Wildman–Crippen LogP) is 2.54. The standard InChI is InChI=1S/C19H19N5O3/c1-25-15-9-14(10-16(26-2)18(15)27-3)23-11-17-21-19(22-24(17)12-20-23)13-7-5-4-6-8-13/h4-12H,1-3H3,(H,21,22). The second-order valence-electron chi connectivity index (χ2n) is 5.75. The lowest BCUT2D eigenvalue weighted by atomic mass is 10.2. The van der Waals surface area contributed by atoms with Crippen LogP contribution in [-0.4, -0.2) is 38.5 Å². The van der Waals surface area contributed by atoms with E-state index in [0.29, 0.717) is 17.2 Å². The fraction of sp³-hybridized carbons (Fsp3) is 0.158. The molecule has 27 heavy (non-hydrogen) atoms. The van der Waals surface area contributed by atoms with E-state index in [1.807, 2.05) is 48.7 Å². The third-order valence-corrected chi connectivity index (χ3v) is 4.19. The van der Waals surface area contributed by atoms with Crippen molar-refractivity contribution in [2.24, 2.45) is 10.1 Å². The van der Waals surface area contributed by atoms with Crippen molar-refractivity contribution in [1.82, 2.24) is 10.4 Å². The van der Waals surface area contributed by atoms with Crippen LogP contribution in [0.3, 0.4) is 0 Å². The average molecular weight is 365 g/mol. The van der Waals surface area contributed by atoms with Crippen LogP contribution in [0.25, 0.3) is 0 Å². The molecule has 0 aliphatic carbocycles. The average Bonchev–Trinajstić information content (AvgIpc) is 3.16. The summed E-state index contributed by atoms with van der Waals surface area (Å²) < 4.78 is 16.2. The van der Waals surface area contributed by atoms with Crippen LogP contribution in [0.15, 0.2) is 64.6 Å². The largest absolute Gasteiger partial charge is 0.493 e. The minimum absolute atomic E-state index is 0.533. The molecule has 4 rings (SSSR count). The zero-order chi connectivity index (χ0) is 18.8. The van der Waals surface area contributed by atoms with Crippen LogP contribution in [0.1, 0.15) is 5.56 Å². The van der Waals surface area contributed by atoms with E-state index in [-0.39, 0.29) is 0 Å². The molecule has 0 saturated heterocycles. The van der Waals surface area contributed by atoms with Gasteiger partial charge in [-0.05, 0) is 0 Å². The number of anilines is 1. The van der Waals surface area contributed by atoms with Crippen molar-refractivity contribution >= 4 is 17.9 Å². The smallest absolute Gasteiger partial charge is 0.203 e. The van der Waals surface area contributed by atoms with Gasteiger partial charge in [0, 0.05) is 17.7 Å². The summed E-state index contributed by atoms with van der Waals surface area (Å²) in [5.41, 5.74) is 4.98. The molecule has 0 unspecified atom stereocenters. The Morgan fingerprint density at radius 3 is 2.26 bits per heavy atom. The quantitative estimate of drug-likeness (QED) is 0.878. The van der Waals surface area contributed by atoms with Gasteiger partial charge in [0.2, 0.25) is 5.75 Å². The molecule has 0 spiro atoms. The van der Waals surface area contributed by atoms with Crippen LogP contribution in [0.4, 0.5) is 5.69 Å². The van der Waals surface area contributed by atoms with E-state index < -0.39 is 0 Å². The molecule has 2 aliphatic rings. The molecule has 0 saturated carbocycles. The van der Waals surface area contributed by atoms with E-state index in [2.05, 4.69) is 15.5 Å². The van der Waals surface area contributed by atoms with Crippen molar-refractivity contribution in [3.63, 3.8) is 0 Å². The number of methoxy groups -OCH3 is 3. The number of benzene rings is 2. The zero-order valence-electron chi connectivity index (χ0n) is 15.2. The molecule has 0 bridgehead atoms. The number of fused-ring (bicyclic) bond motifs is 1. The summed E-state index contributed by atoms with van der Waals surface area (Å²) in [6.45, 7) is 0. The molecule has 8 heteroatoms. The third kappa shape index (κ3) is 3.01. The Bertz CT molecular complexity index is 915. The molecule has 0 fully saturated rings. The van der Waals surface area contributed by atoms with Gasteiger partial charge in [-0.2, -0.15) is 5.10 Å². The van der Waals surface area contributed by atoms with E-state index >= 15 is 0 Å². The van der Waals surface area contributed by atoms with E-state index in [4.69, 9.17) is 14.2 Å². The molecule has 0 atom stereocenters. The lowest BCUT2D eigenvalue weighted by molar-refractivity contribution is 0.324. The Morgan fingerprint density at radius 1 is 0.926 bits per heavy atom. The van der Waals surface area contributed by atoms with Gasteiger partial charge < -0.3 is 14.2 Å². The number of nitrogens with one attached hydrogen (secondary N) is 1. The van der Waals surface area contributed by atoms with Gasteiger partial charge in [0.05, 0.1) is 33.2 Å². The summed E-state index contributed by atoms with van der Waals surface area (Å²) in [7, 11) is 4.74. The van der Waals surface area contributed by atoms with Crippen molar-refractivity contribution in [1.29, 1.82) is 0 Å². The van der Waals surface area contributed by atoms with Crippen LogP contribution in [0.2, 0.25) is 0 Å². The molecule has 138 valence electrons. The molecule has 0 radical (unpaired) electrons. The third-order valence-electron chi connectivity index (χ3n) is 4.19. The number of hydrazone groups is 1. The van der Waals surface area contributed by atoms with Crippen molar-refractivity contribution in [3.8, 4) is 17.2 Å². The Balaban J connectivity index is 1.68. The Morgan fingerprint density at radius 2 is 1.63 bits per heavy atom. The lowest BCUT2D eigenvalue weighted by Crippen LogP contribution is -2.37. The SMILES string of the molecule is COc1cc(N2C=C3N=C(c4ccccc4)NN3C=N2)cc(OC)c1OC. The minimum Gasteiger partial charge on any atom is -0.493 e. The number of nitrogens with zero attached hydrogens (tertiary/aromatic N) is 4. The number of aliphatic imine (C=N–C) groups is 1. The summed E-state index contributed by atoms with van der Waals surface area (Å²) in [5.74, 6) is 3.13. The highest BCUT2D eigenvalue weighted by atomic mass is 16.5. The first-order chi connectivity index (χ1) is 13.2. The van der Waals surface area contributed by atoms with Crippen LogP contribution in [0.5, 0.6) is 17.2 Å². The van der Waals surface area contributed by atoms with Crippen LogP contribution >= 0.6 is 0 Å². The zero-order valence-corrected chi connectivity index (χ0v) is 15.2. The maximum atomic E-state index is 5.42. The summed E-state index contributed by atoms with van der Waals surface area (Å²) in [5, 5.41) is 7.91. The molecule has 2 aliphatic heterocycles. The summed E-state index contributed by atoms with van der Waals surface area (Å²) in [6, 6.07) is 13.6. The highest BCUT2D eigenvalue weighted by molar-refractivity contribution is 6.01. The van der Waals surface area contributed by atoms with Gasteiger partial charge in [-0.25, -0.2) is 15.0 Å². The van der Waals surface area contributed by atoms with Crippen LogP contribution < -0.4 is 24.6 Å². The van der Waals surface area contributed by atoms with Crippen molar-refractivity contribution < 1.29 is 14.2 Å². The lowest BCUT2D eigenvalue weighted by Gasteiger charge is -2.24. The highest BCUT2D eigenvalue weighted by Crippen LogP contribution is 2.41. The van der Waals surface area contributed by atoms with Gasteiger partial charge in [0.25, 0.3) is 0 Å². The number of hydrogen-bond donors (Lipinski definition) is 1. The predicted molar refractivity (Wildman–Crippen MR) is 103 cm³/mol. The summed E-state index contributed by atoms with van der Waals surface area (Å²) in [6.07, 6.45) is 3.49. The van der Waals surface area contributed by atoms with Gasteiger partial charge in [0.15, 0.2) is 23.2 Å². The normalized spacial score (nSPS) is 14.9. The van der Waals surface area contributed by atoms with E-state index in [9.17, 15) is 0 Å². The van der Waals surface area contributed by atoms with Crippen molar-refractivity contribution in [3.05, 3.63) is 60.0 Å². The maximum absolute atomic E-state index is 5.42. The van der Waals surface area contributed by atoms with E-state index in [1.165, 1.54) is 0 Å². The van der Waals surface area contributed by atoms with Crippen molar-refractivity contribution in [2.45, 2.75) is 0 Å². The monoisotopic (exact) mass is 365 g/mol. The van der Waals surface area contributed by atoms with Crippen molar-refractivity contribution in [2.75, 3.05) is 26.3 Å². The van der Waals surface area contributed by atoms with E-state index in [0.717, 1.165) is 22.9 Å². The molecule has 0 aromatic heterocycles. The molecule has 1 N–H and O–H groups in total. The van der Waals surface area contributed by atoms with Crippen LogP contribution in [-0.2, 0) is 0 Å². The second kappa shape index (κ2) is 6.91. The number of amidine groups is 1. The van der Waals surface area contributed by atoms with Gasteiger partial charge >= 0.3 is 0 Å². The maximum Gasteiger partial charge on any atom is 0.203 e. The number of rotatable bonds is 5. The molecule has 0 amide bonds. The first-order valence-electron chi connectivity index (χ1n) is 8.28. The molecular formula is C19H19N5O3. The minimum atomic E-state index is 0.533. The molecular weight excluding hydrogens is 346 g/mol. The molecule has 2 aromatic carbocycles. The molecule has 8 nitrogen and oxygen atoms in total.